The number of ketones is 1. The third-order valence-corrected chi connectivity index (χ3v) is 6.68. The first-order valence-electron chi connectivity index (χ1n) is 12.4. The maximum Gasteiger partial charge on any atom is 0.296 e. The molecule has 36 heavy (non-hydrogen) atoms. The smallest absolute Gasteiger partial charge is 0.296 e. The second-order valence-corrected chi connectivity index (χ2v) is 9.31. The van der Waals surface area contributed by atoms with Gasteiger partial charge in [-0.3, -0.25) is 14.4 Å². The number of carbonyl (C=O) groups is 3. The summed E-state index contributed by atoms with van der Waals surface area (Å²) in [6.45, 7) is 5.63. The van der Waals surface area contributed by atoms with E-state index in [9.17, 15) is 19.5 Å². The number of rotatable bonds is 9. The molecule has 0 bridgehead atoms. The molecular formula is C28H33N3O5. The number of ether oxygens (including phenoxy) is 1. The second-order valence-electron chi connectivity index (χ2n) is 9.31. The molecule has 8 heteroatoms. The van der Waals surface area contributed by atoms with E-state index in [1.165, 1.54) is 4.90 Å². The van der Waals surface area contributed by atoms with E-state index in [0.717, 1.165) is 0 Å². The van der Waals surface area contributed by atoms with Crippen molar-refractivity contribution in [2.24, 2.45) is 0 Å². The Morgan fingerprint density at radius 2 is 1.69 bits per heavy atom. The molecule has 1 atom stereocenters. The first-order valence-corrected chi connectivity index (χ1v) is 12.4. The van der Waals surface area contributed by atoms with Gasteiger partial charge in [0.25, 0.3) is 17.6 Å². The Balaban J connectivity index is 1.95. The number of hydrogen-bond acceptors (Lipinski definition) is 6. The van der Waals surface area contributed by atoms with Gasteiger partial charge in [-0.05, 0) is 70.7 Å². The van der Waals surface area contributed by atoms with E-state index in [1.807, 2.05) is 45.0 Å². The Kier molecular flexibility index (Phi) is 7.17. The highest BCUT2D eigenvalue weighted by molar-refractivity contribution is 6.50. The van der Waals surface area contributed by atoms with Gasteiger partial charge in [-0.25, -0.2) is 0 Å². The number of fused-ring (bicyclic) bond motifs is 2. The quantitative estimate of drug-likeness (QED) is 0.329. The summed E-state index contributed by atoms with van der Waals surface area (Å²) in [6.07, 6.45) is 1.26. The molecule has 1 spiro atoms. The summed E-state index contributed by atoms with van der Waals surface area (Å²) in [4.78, 5) is 46.3. The number of likely N-dealkylation sites (tertiary alicyclic amines) is 1. The predicted molar refractivity (Wildman–Crippen MR) is 138 cm³/mol. The number of aliphatic hydroxyl groups excluding tert-OH is 1. The van der Waals surface area contributed by atoms with Crippen molar-refractivity contribution >= 4 is 29.0 Å². The third kappa shape index (κ3) is 3.95. The van der Waals surface area contributed by atoms with Crippen LogP contribution in [-0.2, 0) is 19.9 Å². The van der Waals surface area contributed by atoms with E-state index in [4.69, 9.17) is 4.74 Å². The van der Waals surface area contributed by atoms with Crippen LogP contribution in [0.25, 0.3) is 5.76 Å². The number of para-hydroxylation sites is 1. The normalized spacial score (nSPS) is 20.6. The number of benzene rings is 2. The average Bonchev–Trinajstić information content (AvgIpc) is 3.23. The fourth-order valence-electron chi connectivity index (χ4n) is 5.18. The van der Waals surface area contributed by atoms with Crippen molar-refractivity contribution in [2.75, 3.05) is 45.2 Å². The molecule has 2 amide bonds. The van der Waals surface area contributed by atoms with Gasteiger partial charge in [-0.15, -0.1) is 0 Å². The molecule has 2 aliphatic heterocycles. The molecule has 2 aromatic carbocycles. The molecule has 4 rings (SSSR count). The van der Waals surface area contributed by atoms with Crippen LogP contribution in [0.2, 0.25) is 0 Å². The van der Waals surface area contributed by atoms with Gasteiger partial charge in [-0.2, -0.15) is 0 Å². The van der Waals surface area contributed by atoms with Crippen molar-refractivity contribution in [1.29, 1.82) is 0 Å². The van der Waals surface area contributed by atoms with Gasteiger partial charge in [0.2, 0.25) is 0 Å². The summed E-state index contributed by atoms with van der Waals surface area (Å²) >= 11 is 0. The van der Waals surface area contributed by atoms with Crippen molar-refractivity contribution < 1.29 is 24.2 Å². The summed E-state index contributed by atoms with van der Waals surface area (Å²) in [6, 6.07) is 13.9. The van der Waals surface area contributed by atoms with Gasteiger partial charge < -0.3 is 24.5 Å². The van der Waals surface area contributed by atoms with Gasteiger partial charge in [0.15, 0.2) is 5.54 Å². The van der Waals surface area contributed by atoms with Crippen LogP contribution in [0.5, 0.6) is 5.75 Å². The molecule has 2 aliphatic rings. The predicted octanol–water partition coefficient (Wildman–Crippen LogP) is 3.37. The number of carbonyl (C=O) groups excluding carboxylic acids is 3. The second kappa shape index (κ2) is 10.1. The van der Waals surface area contributed by atoms with E-state index in [0.29, 0.717) is 55.1 Å². The van der Waals surface area contributed by atoms with E-state index < -0.39 is 17.2 Å². The Morgan fingerprint density at radius 3 is 2.33 bits per heavy atom. The average molecular weight is 492 g/mol. The molecule has 1 saturated heterocycles. The van der Waals surface area contributed by atoms with Crippen molar-refractivity contribution in [2.45, 2.75) is 32.2 Å². The monoisotopic (exact) mass is 491 g/mol. The fraction of sp³-hybridized carbons (Fsp3) is 0.393. The lowest BCUT2D eigenvalue weighted by atomic mass is 9.82. The summed E-state index contributed by atoms with van der Waals surface area (Å²) in [7, 11) is 3.85. The largest absolute Gasteiger partial charge is 0.507 e. The maximum absolute atomic E-state index is 14.3. The number of hydrogen-bond donors (Lipinski definition) is 1. The number of nitrogens with zero attached hydrogens (tertiary/aromatic N) is 3. The van der Waals surface area contributed by atoms with Crippen LogP contribution in [0.1, 0.15) is 37.8 Å². The summed E-state index contributed by atoms with van der Waals surface area (Å²) in [5.41, 5.74) is -0.364. The van der Waals surface area contributed by atoms with Crippen LogP contribution < -0.4 is 9.64 Å². The molecule has 0 aromatic heterocycles. The standard InChI is InChI=1S/C28H33N3O5/c1-5-16-30-22-11-8-7-10-21(22)28(27(30)35)23(24(32)19-12-14-20(15-13-19)36-6-2)25(33)26(34)31(28)18-9-17-29(3)4/h7-8,10-15,32H,5-6,9,16-18H2,1-4H3/t28-/m1/s1. The van der Waals surface area contributed by atoms with Crippen molar-refractivity contribution in [1.82, 2.24) is 9.80 Å². The lowest BCUT2D eigenvalue weighted by molar-refractivity contribution is -0.143. The Labute approximate surface area is 211 Å². The lowest BCUT2D eigenvalue weighted by Crippen LogP contribution is -2.52. The molecule has 0 unspecified atom stereocenters. The fourth-order valence-corrected chi connectivity index (χ4v) is 5.18. The number of Topliss-reactive ketones (excluding diaryl/α,β-unsaturated/α-hetero) is 1. The van der Waals surface area contributed by atoms with Crippen LogP contribution in [-0.4, -0.2) is 72.8 Å². The van der Waals surface area contributed by atoms with Gasteiger partial charge in [0.05, 0.1) is 17.9 Å². The van der Waals surface area contributed by atoms with Gasteiger partial charge in [-0.1, -0.05) is 25.1 Å². The van der Waals surface area contributed by atoms with Crippen LogP contribution >= 0.6 is 0 Å². The van der Waals surface area contributed by atoms with E-state index >= 15 is 0 Å². The van der Waals surface area contributed by atoms with Crippen LogP contribution in [0, 0.1) is 0 Å². The molecular weight excluding hydrogens is 458 g/mol. The number of amides is 2. The zero-order valence-corrected chi connectivity index (χ0v) is 21.3. The van der Waals surface area contributed by atoms with Crippen LogP contribution in [0.3, 0.4) is 0 Å². The molecule has 1 fully saturated rings. The molecule has 0 aliphatic carbocycles. The zero-order chi connectivity index (χ0) is 26.0. The molecule has 0 radical (unpaired) electrons. The van der Waals surface area contributed by atoms with Gasteiger partial charge in [0, 0.05) is 24.2 Å². The van der Waals surface area contributed by atoms with Crippen LogP contribution in [0.15, 0.2) is 54.1 Å². The van der Waals surface area contributed by atoms with Crippen molar-refractivity contribution in [3.63, 3.8) is 0 Å². The van der Waals surface area contributed by atoms with Crippen LogP contribution in [0.4, 0.5) is 5.69 Å². The first-order chi connectivity index (χ1) is 17.3. The van der Waals surface area contributed by atoms with Gasteiger partial charge in [0.1, 0.15) is 11.5 Å². The SMILES string of the molecule is CCCN1C(=O)[C@]2(C(=C(O)c3ccc(OCC)cc3)C(=O)C(=O)N2CCCN(C)C)c2ccccc21. The number of anilines is 1. The zero-order valence-electron chi connectivity index (χ0n) is 21.3. The minimum Gasteiger partial charge on any atom is -0.507 e. The van der Waals surface area contributed by atoms with Crippen molar-refractivity contribution in [3.05, 3.63) is 65.2 Å². The molecule has 2 aromatic rings. The maximum atomic E-state index is 14.3. The molecule has 2 heterocycles. The molecule has 190 valence electrons. The lowest BCUT2D eigenvalue weighted by Gasteiger charge is -2.34. The van der Waals surface area contributed by atoms with E-state index in [1.54, 1.807) is 41.3 Å². The molecule has 1 N–H and O–H groups in total. The van der Waals surface area contributed by atoms with E-state index in [2.05, 4.69) is 0 Å². The Hall–Kier alpha value is -3.65. The molecule has 8 nitrogen and oxygen atoms in total. The van der Waals surface area contributed by atoms with Gasteiger partial charge >= 0.3 is 0 Å². The summed E-state index contributed by atoms with van der Waals surface area (Å²) in [5.74, 6) is -1.77. The summed E-state index contributed by atoms with van der Waals surface area (Å²) < 4.78 is 5.49. The number of aliphatic hydroxyl groups is 1. The van der Waals surface area contributed by atoms with Crippen molar-refractivity contribution in [3.8, 4) is 5.75 Å². The van der Waals surface area contributed by atoms with E-state index in [-0.39, 0.29) is 23.8 Å². The molecule has 0 saturated carbocycles. The highest BCUT2D eigenvalue weighted by atomic mass is 16.5. The highest BCUT2D eigenvalue weighted by Crippen LogP contribution is 2.53. The first kappa shape index (κ1) is 25.4. The topological polar surface area (TPSA) is 90.4 Å². The summed E-state index contributed by atoms with van der Waals surface area (Å²) in [5, 5.41) is 11.5. The third-order valence-electron chi connectivity index (χ3n) is 6.68. The Bertz CT molecular complexity index is 1200. The minimum atomic E-state index is -1.71. The minimum absolute atomic E-state index is 0.183. The highest BCUT2D eigenvalue weighted by Gasteiger charge is 2.66. The Morgan fingerprint density at radius 1 is 1.00 bits per heavy atom.